The normalized spacial score (nSPS) is 19.4. The summed E-state index contributed by atoms with van der Waals surface area (Å²) in [4.78, 5) is 15.4. The third-order valence-corrected chi connectivity index (χ3v) is 5.15. The van der Waals surface area contributed by atoms with E-state index in [4.69, 9.17) is 4.74 Å². The molecular formula is C20H21NO3. The van der Waals surface area contributed by atoms with E-state index in [1.165, 1.54) is 30.2 Å². The average molecular weight is 323 g/mol. The SMILES string of the molecule is O=C(O)c1ccncc1CCC1CCOc2cc(C3CC3)ccc21. The molecule has 0 saturated heterocycles. The van der Waals surface area contributed by atoms with Gasteiger partial charge in [0.05, 0.1) is 12.2 Å². The lowest BCUT2D eigenvalue weighted by atomic mass is 9.86. The fourth-order valence-corrected chi connectivity index (χ4v) is 3.62. The predicted octanol–water partition coefficient (Wildman–Crippen LogP) is 4.16. The maximum Gasteiger partial charge on any atom is 0.336 e. The van der Waals surface area contributed by atoms with E-state index < -0.39 is 5.97 Å². The van der Waals surface area contributed by atoms with Crippen LogP contribution in [-0.2, 0) is 6.42 Å². The number of fused-ring (bicyclic) bond motifs is 1. The van der Waals surface area contributed by atoms with Crippen molar-refractivity contribution in [3.8, 4) is 5.75 Å². The van der Waals surface area contributed by atoms with Gasteiger partial charge in [-0.25, -0.2) is 4.79 Å². The summed E-state index contributed by atoms with van der Waals surface area (Å²) in [5.74, 6) is 1.30. The van der Waals surface area contributed by atoms with Crippen LogP contribution in [0.2, 0.25) is 0 Å². The van der Waals surface area contributed by atoms with Crippen molar-refractivity contribution in [1.82, 2.24) is 4.98 Å². The summed E-state index contributed by atoms with van der Waals surface area (Å²) in [6, 6.07) is 8.25. The number of carboxylic acid groups (broad SMARTS) is 1. The van der Waals surface area contributed by atoms with Crippen LogP contribution in [0, 0.1) is 0 Å². The quantitative estimate of drug-likeness (QED) is 0.897. The van der Waals surface area contributed by atoms with Gasteiger partial charge in [-0.05, 0) is 72.8 Å². The summed E-state index contributed by atoms with van der Waals surface area (Å²) in [6.45, 7) is 0.741. The number of rotatable bonds is 5. The van der Waals surface area contributed by atoms with Crippen LogP contribution in [0.1, 0.15) is 64.6 Å². The van der Waals surface area contributed by atoms with Crippen LogP contribution < -0.4 is 4.74 Å². The third-order valence-electron chi connectivity index (χ3n) is 5.15. The summed E-state index contributed by atoms with van der Waals surface area (Å²) >= 11 is 0. The minimum atomic E-state index is -0.881. The van der Waals surface area contributed by atoms with E-state index in [1.807, 2.05) is 0 Å². The van der Waals surface area contributed by atoms with Gasteiger partial charge in [-0.15, -0.1) is 0 Å². The summed E-state index contributed by atoms with van der Waals surface area (Å²) in [5.41, 5.74) is 3.84. The van der Waals surface area contributed by atoms with Gasteiger partial charge in [0.15, 0.2) is 0 Å². The molecule has 1 N–H and O–H groups in total. The molecule has 1 aromatic carbocycles. The predicted molar refractivity (Wildman–Crippen MR) is 90.8 cm³/mol. The van der Waals surface area contributed by atoms with Crippen LogP contribution in [0.3, 0.4) is 0 Å². The molecule has 1 aliphatic heterocycles. The van der Waals surface area contributed by atoms with Crippen LogP contribution in [0.25, 0.3) is 0 Å². The lowest BCUT2D eigenvalue weighted by Crippen LogP contribution is -2.15. The van der Waals surface area contributed by atoms with E-state index in [0.717, 1.165) is 43.1 Å². The monoisotopic (exact) mass is 323 g/mol. The van der Waals surface area contributed by atoms with Crippen LogP contribution in [0.4, 0.5) is 0 Å². The van der Waals surface area contributed by atoms with Crippen molar-refractivity contribution in [2.45, 2.75) is 43.9 Å². The fraction of sp³-hybridized carbons (Fsp3) is 0.400. The third kappa shape index (κ3) is 3.01. The van der Waals surface area contributed by atoms with E-state index in [9.17, 15) is 9.90 Å². The number of aryl methyl sites for hydroxylation is 1. The Hall–Kier alpha value is -2.36. The van der Waals surface area contributed by atoms with Crippen molar-refractivity contribution in [3.05, 3.63) is 58.9 Å². The number of aromatic nitrogens is 1. The number of carbonyl (C=O) groups is 1. The molecule has 0 spiro atoms. The van der Waals surface area contributed by atoms with E-state index in [2.05, 4.69) is 23.2 Å². The van der Waals surface area contributed by atoms with Crippen LogP contribution in [0.15, 0.2) is 36.7 Å². The number of hydrogen-bond donors (Lipinski definition) is 1. The number of hydrogen-bond acceptors (Lipinski definition) is 3. The zero-order valence-electron chi connectivity index (χ0n) is 13.6. The smallest absolute Gasteiger partial charge is 0.336 e. The molecule has 4 heteroatoms. The number of ether oxygens (including phenoxy) is 1. The molecule has 2 aromatic rings. The molecule has 0 bridgehead atoms. The molecule has 1 fully saturated rings. The van der Waals surface area contributed by atoms with Gasteiger partial charge in [0, 0.05) is 12.4 Å². The number of nitrogens with zero attached hydrogens (tertiary/aromatic N) is 1. The van der Waals surface area contributed by atoms with E-state index >= 15 is 0 Å². The Balaban J connectivity index is 1.51. The second-order valence-corrected chi connectivity index (χ2v) is 6.78. The van der Waals surface area contributed by atoms with Crippen LogP contribution in [0.5, 0.6) is 5.75 Å². The van der Waals surface area contributed by atoms with E-state index in [1.54, 1.807) is 12.3 Å². The highest BCUT2D eigenvalue weighted by Crippen LogP contribution is 2.44. The van der Waals surface area contributed by atoms with Crippen LogP contribution in [-0.4, -0.2) is 22.7 Å². The molecule has 0 amide bonds. The van der Waals surface area contributed by atoms with Gasteiger partial charge in [-0.1, -0.05) is 12.1 Å². The molecule has 1 atom stereocenters. The summed E-state index contributed by atoms with van der Waals surface area (Å²) < 4.78 is 5.88. The zero-order valence-corrected chi connectivity index (χ0v) is 13.6. The Bertz CT molecular complexity index is 767. The Morgan fingerprint density at radius 2 is 2.12 bits per heavy atom. The zero-order chi connectivity index (χ0) is 16.5. The molecular weight excluding hydrogens is 302 g/mol. The van der Waals surface area contributed by atoms with Gasteiger partial charge in [0.25, 0.3) is 0 Å². The standard InChI is InChI=1S/C20H21NO3/c22-20(23)18-7-9-21-12-16(18)4-3-14-8-10-24-19-11-15(13-1-2-13)5-6-17(14)19/h5-7,9,11-14H,1-4,8,10H2,(H,22,23). The second kappa shape index (κ2) is 6.27. The van der Waals surface area contributed by atoms with Crippen molar-refractivity contribution in [3.63, 3.8) is 0 Å². The number of carboxylic acids is 1. The molecule has 1 aliphatic carbocycles. The van der Waals surface area contributed by atoms with Gasteiger partial charge in [0.1, 0.15) is 5.75 Å². The van der Waals surface area contributed by atoms with Gasteiger partial charge in [-0.3, -0.25) is 4.98 Å². The summed E-state index contributed by atoms with van der Waals surface area (Å²) in [6.07, 6.45) is 8.44. The number of aromatic carboxylic acids is 1. The highest BCUT2D eigenvalue weighted by Gasteiger charge is 2.27. The largest absolute Gasteiger partial charge is 0.493 e. The second-order valence-electron chi connectivity index (χ2n) is 6.78. The lowest BCUT2D eigenvalue weighted by Gasteiger charge is -2.26. The topological polar surface area (TPSA) is 59.4 Å². The minimum absolute atomic E-state index is 0.362. The van der Waals surface area contributed by atoms with Crippen molar-refractivity contribution in [1.29, 1.82) is 0 Å². The molecule has 4 rings (SSSR count). The molecule has 2 heterocycles. The molecule has 1 saturated carbocycles. The van der Waals surface area contributed by atoms with Crippen molar-refractivity contribution >= 4 is 5.97 Å². The Morgan fingerprint density at radius 1 is 1.25 bits per heavy atom. The molecule has 1 aromatic heterocycles. The first-order valence-corrected chi connectivity index (χ1v) is 8.65. The lowest BCUT2D eigenvalue weighted by molar-refractivity contribution is 0.0695. The van der Waals surface area contributed by atoms with Gasteiger partial charge < -0.3 is 9.84 Å². The molecule has 2 aliphatic rings. The first-order chi connectivity index (χ1) is 11.7. The van der Waals surface area contributed by atoms with Gasteiger partial charge in [0.2, 0.25) is 0 Å². The molecule has 0 radical (unpaired) electrons. The maximum absolute atomic E-state index is 11.3. The molecule has 24 heavy (non-hydrogen) atoms. The summed E-state index contributed by atoms with van der Waals surface area (Å²) in [7, 11) is 0. The minimum Gasteiger partial charge on any atom is -0.493 e. The average Bonchev–Trinajstić information content (AvgIpc) is 3.44. The number of benzene rings is 1. The number of pyridine rings is 1. The Morgan fingerprint density at radius 3 is 2.92 bits per heavy atom. The molecule has 1 unspecified atom stereocenters. The van der Waals surface area contributed by atoms with Crippen molar-refractivity contribution in [2.24, 2.45) is 0 Å². The Kier molecular flexibility index (Phi) is 3.97. The first kappa shape index (κ1) is 15.2. The maximum atomic E-state index is 11.3. The summed E-state index contributed by atoms with van der Waals surface area (Å²) in [5, 5.41) is 9.30. The Labute approximate surface area is 141 Å². The van der Waals surface area contributed by atoms with Gasteiger partial charge >= 0.3 is 5.97 Å². The van der Waals surface area contributed by atoms with Crippen LogP contribution >= 0.6 is 0 Å². The van der Waals surface area contributed by atoms with E-state index in [-0.39, 0.29) is 0 Å². The first-order valence-electron chi connectivity index (χ1n) is 8.65. The van der Waals surface area contributed by atoms with Gasteiger partial charge in [-0.2, -0.15) is 0 Å². The highest BCUT2D eigenvalue weighted by molar-refractivity contribution is 5.89. The van der Waals surface area contributed by atoms with Crippen molar-refractivity contribution in [2.75, 3.05) is 6.61 Å². The van der Waals surface area contributed by atoms with Crippen molar-refractivity contribution < 1.29 is 14.6 Å². The highest BCUT2D eigenvalue weighted by atomic mass is 16.5. The molecule has 124 valence electrons. The molecule has 4 nitrogen and oxygen atoms in total. The fourth-order valence-electron chi connectivity index (χ4n) is 3.62. The van der Waals surface area contributed by atoms with E-state index in [0.29, 0.717) is 11.5 Å².